The Labute approximate surface area is 85.4 Å². The predicted octanol–water partition coefficient (Wildman–Crippen LogP) is 0.409. The number of ketones is 1. The van der Waals surface area contributed by atoms with Gasteiger partial charge in [-0.05, 0) is 13.0 Å². The molecule has 0 saturated heterocycles. The molecule has 4 nitrogen and oxygen atoms in total. The Morgan fingerprint density at radius 3 is 2.21 bits per heavy atom. The fourth-order valence-electron chi connectivity index (χ4n) is 1.10. The molecule has 14 heavy (non-hydrogen) atoms. The summed E-state index contributed by atoms with van der Waals surface area (Å²) in [5.74, 6) is -0.142. The van der Waals surface area contributed by atoms with Crippen LogP contribution in [-0.2, 0) is 9.59 Å². The number of Topliss-reactive ketones (excluding diaryl/α,β-unsaturated/α-hetero) is 1. The van der Waals surface area contributed by atoms with E-state index in [-0.39, 0.29) is 24.2 Å². The highest BCUT2D eigenvalue weighted by Crippen LogP contribution is 2.03. The second kappa shape index (κ2) is 6.54. The predicted molar refractivity (Wildman–Crippen MR) is 55.8 cm³/mol. The van der Waals surface area contributed by atoms with Crippen LogP contribution in [0.5, 0.6) is 0 Å². The molecule has 0 aromatic heterocycles. The highest BCUT2D eigenvalue weighted by atomic mass is 16.1. The van der Waals surface area contributed by atoms with Crippen molar-refractivity contribution < 1.29 is 9.59 Å². The number of nitrogens with two attached hydrogens (primary N) is 1. The Bertz CT molecular complexity index is 204. The number of carbonyl (C=O) groups is 2. The third-order valence-electron chi connectivity index (χ3n) is 2.37. The normalized spacial score (nSPS) is 12.9. The molecule has 0 saturated carbocycles. The first-order valence-electron chi connectivity index (χ1n) is 5.04. The van der Waals surface area contributed by atoms with Gasteiger partial charge in [0.05, 0.1) is 13.1 Å². The zero-order chi connectivity index (χ0) is 11.1. The smallest absolute Gasteiger partial charge is 0.231 e. The second-order valence-corrected chi connectivity index (χ2v) is 3.55. The lowest BCUT2D eigenvalue weighted by Gasteiger charge is -2.19. The van der Waals surface area contributed by atoms with Gasteiger partial charge in [0.2, 0.25) is 5.91 Å². The van der Waals surface area contributed by atoms with Crippen LogP contribution in [0.15, 0.2) is 0 Å². The lowest BCUT2D eigenvalue weighted by Crippen LogP contribution is -2.38. The molecule has 0 aliphatic heterocycles. The van der Waals surface area contributed by atoms with Crippen molar-refractivity contribution in [1.82, 2.24) is 4.90 Å². The van der Waals surface area contributed by atoms with Crippen LogP contribution in [0.25, 0.3) is 0 Å². The molecule has 0 fully saturated rings. The van der Waals surface area contributed by atoms with Crippen LogP contribution in [0.2, 0.25) is 0 Å². The Morgan fingerprint density at radius 2 is 1.86 bits per heavy atom. The minimum atomic E-state index is -0.385. The highest BCUT2D eigenvalue weighted by molar-refractivity contribution is 5.83. The first kappa shape index (κ1) is 13.1. The third kappa shape index (κ3) is 4.97. The molecule has 0 aromatic rings. The van der Waals surface area contributed by atoms with Gasteiger partial charge in [-0.25, -0.2) is 0 Å². The van der Waals surface area contributed by atoms with Gasteiger partial charge in [-0.1, -0.05) is 20.8 Å². The monoisotopic (exact) mass is 200 g/mol. The summed E-state index contributed by atoms with van der Waals surface area (Å²) in [7, 11) is 0. The third-order valence-corrected chi connectivity index (χ3v) is 2.37. The molecule has 0 radical (unpaired) electrons. The summed E-state index contributed by atoms with van der Waals surface area (Å²) < 4.78 is 0. The van der Waals surface area contributed by atoms with Crippen LogP contribution in [-0.4, -0.2) is 36.2 Å². The first-order valence-corrected chi connectivity index (χ1v) is 5.04. The molecule has 4 heteroatoms. The standard InChI is InChI=1S/C10H20N2O2/c1-4-8(3)9(13)6-12(5-2)7-10(11)14/h8H,4-7H2,1-3H3,(H2,11,14). The summed E-state index contributed by atoms with van der Waals surface area (Å²) in [6.07, 6.45) is 0.840. The number of carbonyl (C=O) groups excluding carboxylic acids is 2. The van der Waals surface area contributed by atoms with Crippen LogP contribution in [0, 0.1) is 5.92 Å². The molecular weight excluding hydrogens is 180 g/mol. The van der Waals surface area contributed by atoms with Crippen molar-refractivity contribution in [3.63, 3.8) is 0 Å². The summed E-state index contributed by atoms with van der Waals surface area (Å²) in [6, 6.07) is 0. The molecule has 0 rings (SSSR count). The maximum atomic E-state index is 11.5. The lowest BCUT2D eigenvalue weighted by atomic mass is 10.0. The highest BCUT2D eigenvalue weighted by Gasteiger charge is 2.15. The van der Waals surface area contributed by atoms with Crippen LogP contribution < -0.4 is 5.73 Å². The van der Waals surface area contributed by atoms with Gasteiger partial charge in [0.25, 0.3) is 0 Å². The van der Waals surface area contributed by atoms with E-state index in [0.29, 0.717) is 13.1 Å². The number of nitrogens with zero attached hydrogens (tertiary/aromatic N) is 1. The van der Waals surface area contributed by atoms with Crippen molar-refractivity contribution in [2.24, 2.45) is 11.7 Å². The van der Waals surface area contributed by atoms with Crippen LogP contribution in [0.4, 0.5) is 0 Å². The molecule has 1 atom stereocenters. The maximum Gasteiger partial charge on any atom is 0.231 e. The van der Waals surface area contributed by atoms with E-state index >= 15 is 0 Å². The molecule has 82 valence electrons. The minimum absolute atomic E-state index is 0.0666. The fraction of sp³-hybridized carbons (Fsp3) is 0.800. The Balaban J connectivity index is 4.04. The zero-order valence-corrected chi connectivity index (χ0v) is 9.25. The average Bonchev–Trinajstić information content (AvgIpc) is 2.14. The molecule has 0 aliphatic carbocycles. The fourth-order valence-corrected chi connectivity index (χ4v) is 1.10. The number of primary amides is 1. The molecular formula is C10H20N2O2. The van der Waals surface area contributed by atoms with Crippen molar-refractivity contribution >= 4 is 11.7 Å². The van der Waals surface area contributed by atoms with Crippen molar-refractivity contribution in [2.75, 3.05) is 19.6 Å². The molecule has 0 aliphatic rings. The number of amides is 1. The van der Waals surface area contributed by atoms with Crippen LogP contribution >= 0.6 is 0 Å². The van der Waals surface area contributed by atoms with Gasteiger partial charge in [0.1, 0.15) is 5.78 Å². The lowest BCUT2D eigenvalue weighted by molar-refractivity contribution is -0.124. The van der Waals surface area contributed by atoms with Gasteiger partial charge in [-0.15, -0.1) is 0 Å². The number of likely N-dealkylation sites (N-methyl/N-ethyl adjacent to an activating group) is 1. The maximum absolute atomic E-state index is 11.5. The van der Waals surface area contributed by atoms with Crippen LogP contribution in [0.1, 0.15) is 27.2 Å². The Kier molecular flexibility index (Phi) is 6.12. The van der Waals surface area contributed by atoms with Gasteiger partial charge in [-0.3, -0.25) is 14.5 Å². The summed E-state index contributed by atoms with van der Waals surface area (Å²) in [5.41, 5.74) is 5.06. The van der Waals surface area contributed by atoms with Crippen molar-refractivity contribution in [1.29, 1.82) is 0 Å². The number of hydrogen-bond acceptors (Lipinski definition) is 3. The summed E-state index contributed by atoms with van der Waals surface area (Å²) in [4.78, 5) is 24.0. The molecule has 0 bridgehead atoms. The van der Waals surface area contributed by atoms with Gasteiger partial charge >= 0.3 is 0 Å². The van der Waals surface area contributed by atoms with E-state index in [1.165, 1.54) is 0 Å². The van der Waals surface area contributed by atoms with E-state index in [9.17, 15) is 9.59 Å². The molecule has 2 N–H and O–H groups in total. The Morgan fingerprint density at radius 1 is 1.29 bits per heavy atom. The summed E-state index contributed by atoms with van der Waals surface area (Å²) in [6.45, 7) is 6.96. The second-order valence-electron chi connectivity index (χ2n) is 3.55. The van der Waals surface area contributed by atoms with Gasteiger partial charge in [0, 0.05) is 5.92 Å². The van der Waals surface area contributed by atoms with Crippen molar-refractivity contribution in [3.8, 4) is 0 Å². The average molecular weight is 200 g/mol. The van der Waals surface area contributed by atoms with E-state index in [1.54, 1.807) is 4.90 Å². The molecule has 1 unspecified atom stereocenters. The molecule has 0 aromatic carbocycles. The summed E-state index contributed by atoms with van der Waals surface area (Å²) >= 11 is 0. The van der Waals surface area contributed by atoms with Crippen molar-refractivity contribution in [2.45, 2.75) is 27.2 Å². The molecule has 0 heterocycles. The zero-order valence-electron chi connectivity index (χ0n) is 9.25. The number of hydrogen-bond donors (Lipinski definition) is 1. The molecule has 0 spiro atoms. The van der Waals surface area contributed by atoms with E-state index in [1.807, 2.05) is 20.8 Å². The molecule has 1 amide bonds. The van der Waals surface area contributed by atoms with E-state index in [0.717, 1.165) is 6.42 Å². The SMILES string of the molecule is CCC(C)C(=O)CN(CC)CC(N)=O. The van der Waals surface area contributed by atoms with Crippen molar-refractivity contribution in [3.05, 3.63) is 0 Å². The largest absolute Gasteiger partial charge is 0.369 e. The first-order chi connectivity index (χ1) is 6.51. The van der Waals surface area contributed by atoms with E-state index < -0.39 is 0 Å². The van der Waals surface area contributed by atoms with Gasteiger partial charge < -0.3 is 5.73 Å². The quantitative estimate of drug-likeness (QED) is 0.647. The van der Waals surface area contributed by atoms with E-state index in [2.05, 4.69) is 0 Å². The van der Waals surface area contributed by atoms with E-state index in [4.69, 9.17) is 5.73 Å². The Hall–Kier alpha value is -0.900. The number of rotatable bonds is 7. The minimum Gasteiger partial charge on any atom is -0.369 e. The van der Waals surface area contributed by atoms with Gasteiger partial charge in [0.15, 0.2) is 0 Å². The topological polar surface area (TPSA) is 63.4 Å². The van der Waals surface area contributed by atoms with Gasteiger partial charge in [-0.2, -0.15) is 0 Å². The summed E-state index contributed by atoms with van der Waals surface area (Å²) in [5, 5.41) is 0. The van der Waals surface area contributed by atoms with Crippen LogP contribution in [0.3, 0.4) is 0 Å².